The normalized spacial score (nSPS) is 19.3. The van der Waals surface area contributed by atoms with Crippen LogP contribution in [0.4, 0.5) is 0 Å². The van der Waals surface area contributed by atoms with Gasteiger partial charge in [0.25, 0.3) is 0 Å². The number of nitrogens with zero attached hydrogens (tertiary/aromatic N) is 1. The smallest absolute Gasteiger partial charge is 0.313 e. The van der Waals surface area contributed by atoms with E-state index in [-0.39, 0.29) is 18.1 Å². The Kier molecular flexibility index (Phi) is 4.07. The molecular weight excluding hydrogens is 182 g/mol. The summed E-state index contributed by atoms with van der Waals surface area (Å²) < 4.78 is 4.46. The van der Waals surface area contributed by atoms with E-state index in [4.69, 9.17) is 0 Å². The van der Waals surface area contributed by atoms with Crippen molar-refractivity contribution in [3.8, 4) is 0 Å². The number of piperidine rings is 1. The molecule has 1 saturated heterocycles. The molecule has 1 rings (SSSR count). The molecule has 0 aromatic heterocycles. The molecule has 0 aliphatic carbocycles. The van der Waals surface area contributed by atoms with E-state index in [9.17, 15) is 9.59 Å². The lowest BCUT2D eigenvalue weighted by molar-refractivity contribution is -0.144. The van der Waals surface area contributed by atoms with Gasteiger partial charge in [-0.05, 0) is 33.0 Å². The monoisotopic (exact) mass is 199 g/mol. The highest BCUT2D eigenvalue weighted by molar-refractivity contribution is 5.96. The zero-order valence-electron chi connectivity index (χ0n) is 8.78. The number of esters is 1. The molecule has 0 radical (unpaired) electrons. The second-order valence-electron chi connectivity index (χ2n) is 3.80. The number of rotatable bonds is 3. The summed E-state index contributed by atoms with van der Waals surface area (Å²) in [5.74, 6) is -0.329. The Labute approximate surface area is 84.2 Å². The molecule has 4 nitrogen and oxygen atoms in total. The molecule has 0 aromatic rings. The van der Waals surface area contributed by atoms with Crippen LogP contribution in [0.5, 0.6) is 0 Å². The fraction of sp³-hybridized carbons (Fsp3) is 0.800. The van der Waals surface area contributed by atoms with Gasteiger partial charge in [-0.25, -0.2) is 0 Å². The molecule has 4 heteroatoms. The number of ketones is 1. The summed E-state index contributed by atoms with van der Waals surface area (Å²) in [6, 6.07) is 0. The minimum atomic E-state index is -0.422. The lowest BCUT2D eigenvalue weighted by Gasteiger charge is -2.27. The van der Waals surface area contributed by atoms with Gasteiger partial charge >= 0.3 is 5.97 Å². The lowest BCUT2D eigenvalue weighted by Crippen LogP contribution is -2.34. The molecule has 0 unspecified atom stereocenters. The molecule has 0 amide bonds. The fourth-order valence-corrected chi connectivity index (χ4v) is 1.69. The van der Waals surface area contributed by atoms with E-state index in [1.807, 2.05) is 7.05 Å². The average Bonchev–Trinajstić information content (AvgIpc) is 2.18. The number of carbonyl (C=O) groups excluding carboxylic acids is 2. The van der Waals surface area contributed by atoms with Gasteiger partial charge in [-0.1, -0.05) is 0 Å². The van der Waals surface area contributed by atoms with Crippen LogP contribution in [-0.2, 0) is 14.3 Å². The first-order chi connectivity index (χ1) is 6.63. The van der Waals surface area contributed by atoms with E-state index in [0.29, 0.717) is 0 Å². The average molecular weight is 199 g/mol. The quantitative estimate of drug-likeness (QED) is 0.489. The minimum Gasteiger partial charge on any atom is -0.469 e. The summed E-state index contributed by atoms with van der Waals surface area (Å²) in [6.07, 6.45) is 1.67. The van der Waals surface area contributed by atoms with Crippen molar-refractivity contribution in [2.24, 2.45) is 5.92 Å². The summed E-state index contributed by atoms with van der Waals surface area (Å²) in [5, 5.41) is 0. The van der Waals surface area contributed by atoms with E-state index >= 15 is 0 Å². The Morgan fingerprint density at radius 2 is 1.93 bits per heavy atom. The van der Waals surface area contributed by atoms with Crippen LogP contribution in [-0.4, -0.2) is 43.9 Å². The van der Waals surface area contributed by atoms with Gasteiger partial charge in [0, 0.05) is 5.92 Å². The molecule has 0 bridgehead atoms. The summed E-state index contributed by atoms with van der Waals surface area (Å²) in [6.45, 7) is 1.88. The van der Waals surface area contributed by atoms with E-state index in [1.54, 1.807) is 0 Å². The van der Waals surface area contributed by atoms with Crippen molar-refractivity contribution >= 4 is 11.8 Å². The second kappa shape index (κ2) is 5.10. The van der Waals surface area contributed by atoms with Crippen molar-refractivity contribution in [3.63, 3.8) is 0 Å². The van der Waals surface area contributed by atoms with Gasteiger partial charge in [0.1, 0.15) is 12.2 Å². The van der Waals surface area contributed by atoms with Crippen LogP contribution in [0, 0.1) is 5.92 Å². The Hall–Kier alpha value is -0.900. The van der Waals surface area contributed by atoms with Crippen molar-refractivity contribution in [1.82, 2.24) is 4.90 Å². The SMILES string of the molecule is COC(=O)CC(=O)C1CCN(C)CC1. The van der Waals surface area contributed by atoms with E-state index in [0.717, 1.165) is 25.9 Å². The van der Waals surface area contributed by atoms with Crippen molar-refractivity contribution < 1.29 is 14.3 Å². The number of hydrogen-bond acceptors (Lipinski definition) is 4. The van der Waals surface area contributed by atoms with Gasteiger partial charge < -0.3 is 9.64 Å². The largest absolute Gasteiger partial charge is 0.469 e. The van der Waals surface area contributed by atoms with Crippen molar-refractivity contribution in [2.75, 3.05) is 27.2 Å². The van der Waals surface area contributed by atoms with Gasteiger partial charge in [-0.2, -0.15) is 0 Å². The van der Waals surface area contributed by atoms with Crippen molar-refractivity contribution in [1.29, 1.82) is 0 Å². The van der Waals surface area contributed by atoms with Crippen molar-refractivity contribution in [2.45, 2.75) is 19.3 Å². The van der Waals surface area contributed by atoms with Crippen LogP contribution in [0.1, 0.15) is 19.3 Å². The topological polar surface area (TPSA) is 46.6 Å². The van der Waals surface area contributed by atoms with Crippen LogP contribution in [0.15, 0.2) is 0 Å². The Balaban J connectivity index is 2.34. The molecule has 0 atom stereocenters. The number of Topliss-reactive ketones (excluding diaryl/α,β-unsaturated/α-hetero) is 1. The van der Waals surface area contributed by atoms with Gasteiger partial charge in [0.2, 0.25) is 0 Å². The Morgan fingerprint density at radius 1 is 1.36 bits per heavy atom. The second-order valence-corrected chi connectivity index (χ2v) is 3.80. The van der Waals surface area contributed by atoms with Crippen LogP contribution in [0.2, 0.25) is 0 Å². The zero-order valence-corrected chi connectivity index (χ0v) is 8.78. The van der Waals surface area contributed by atoms with Crippen LogP contribution >= 0.6 is 0 Å². The molecule has 0 spiro atoms. The number of hydrogen-bond donors (Lipinski definition) is 0. The molecule has 1 aliphatic heterocycles. The summed E-state index contributed by atoms with van der Waals surface area (Å²) in [7, 11) is 3.35. The third-order valence-electron chi connectivity index (χ3n) is 2.72. The van der Waals surface area contributed by atoms with Gasteiger partial charge in [-0.15, -0.1) is 0 Å². The molecule has 1 aliphatic rings. The van der Waals surface area contributed by atoms with Crippen LogP contribution in [0.3, 0.4) is 0 Å². The Morgan fingerprint density at radius 3 is 2.43 bits per heavy atom. The molecule has 0 N–H and O–H groups in total. The maximum atomic E-state index is 11.6. The number of carbonyl (C=O) groups is 2. The van der Waals surface area contributed by atoms with E-state index < -0.39 is 5.97 Å². The van der Waals surface area contributed by atoms with Crippen LogP contribution < -0.4 is 0 Å². The fourth-order valence-electron chi connectivity index (χ4n) is 1.69. The third kappa shape index (κ3) is 3.10. The third-order valence-corrected chi connectivity index (χ3v) is 2.72. The van der Waals surface area contributed by atoms with Crippen LogP contribution in [0.25, 0.3) is 0 Å². The summed E-state index contributed by atoms with van der Waals surface area (Å²) in [4.78, 5) is 24.6. The van der Waals surface area contributed by atoms with E-state index in [1.165, 1.54) is 7.11 Å². The predicted molar refractivity (Wildman–Crippen MR) is 51.9 cm³/mol. The number of methoxy groups -OCH3 is 1. The maximum absolute atomic E-state index is 11.6. The first-order valence-corrected chi connectivity index (χ1v) is 4.91. The molecular formula is C10H17NO3. The highest BCUT2D eigenvalue weighted by Crippen LogP contribution is 2.18. The standard InChI is InChI=1S/C10H17NO3/c1-11-5-3-8(4-6-11)9(12)7-10(13)14-2/h8H,3-7H2,1-2H3. The zero-order chi connectivity index (χ0) is 10.6. The van der Waals surface area contributed by atoms with Gasteiger partial charge in [0.05, 0.1) is 7.11 Å². The molecule has 14 heavy (non-hydrogen) atoms. The minimum absolute atomic E-state index is 0.0324. The first kappa shape index (κ1) is 11.2. The summed E-state index contributed by atoms with van der Waals surface area (Å²) in [5.41, 5.74) is 0. The maximum Gasteiger partial charge on any atom is 0.313 e. The molecule has 0 aromatic carbocycles. The summed E-state index contributed by atoms with van der Waals surface area (Å²) >= 11 is 0. The highest BCUT2D eigenvalue weighted by Gasteiger charge is 2.24. The first-order valence-electron chi connectivity index (χ1n) is 4.91. The van der Waals surface area contributed by atoms with Gasteiger partial charge in [0.15, 0.2) is 0 Å². The van der Waals surface area contributed by atoms with Gasteiger partial charge in [-0.3, -0.25) is 9.59 Å². The Bertz CT molecular complexity index is 219. The van der Waals surface area contributed by atoms with Crippen molar-refractivity contribution in [3.05, 3.63) is 0 Å². The number of likely N-dealkylation sites (tertiary alicyclic amines) is 1. The molecule has 1 fully saturated rings. The predicted octanol–water partition coefficient (Wildman–Crippen LogP) is 0.460. The molecule has 80 valence electrons. The van der Waals surface area contributed by atoms with E-state index in [2.05, 4.69) is 9.64 Å². The molecule has 0 saturated carbocycles. The molecule has 1 heterocycles. The lowest BCUT2D eigenvalue weighted by atomic mass is 9.91. The number of ether oxygens (including phenoxy) is 1. The highest BCUT2D eigenvalue weighted by atomic mass is 16.5.